The third-order valence-electron chi connectivity index (χ3n) is 3.52. The van der Waals surface area contributed by atoms with Gasteiger partial charge >= 0.3 is 0 Å². The number of hydrogen-bond acceptors (Lipinski definition) is 3. The van der Waals surface area contributed by atoms with Crippen LogP contribution < -0.4 is 5.32 Å². The summed E-state index contributed by atoms with van der Waals surface area (Å²) in [5.74, 6) is 0.0222. The van der Waals surface area contributed by atoms with Gasteiger partial charge in [0.2, 0.25) is 0 Å². The molecule has 2 rings (SSSR count). The second-order valence-corrected chi connectivity index (χ2v) is 5.27. The zero-order valence-electron chi connectivity index (χ0n) is 11.6. The summed E-state index contributed by atoms with van der Waals surface area (Å²) in [5.41, 5.74) is 3.10. The second kappa shape index (κ2) is 6.06. The summed E-state index contributed by atoms with van der Waals surface area (Å²) in [7, 11) is 1.78. The molecule has 0 bridgehead atoms. The van der Waals surface area contributed by atoms with Crippen molar-refractivity contribution in [1.29, 1.82) is 0 Å². The standard InChI is InChI=1S/C15H22N2O2/c1-11(18)7-9-17(2)15(19)13-5-6-14-12(10-13)4-3-8-16-14/h5-6,10-11,16,18H,3-4,7-9H2,1-2H3. The number of nitrogens with zero attached hydrogens (tertiary/aromatic N) is 1. The molecule has 2 N–H and O–H groups in total. The number of aryl methyl sites for hydroxylation is 1. The molecule has 0 aromatic heterocycles. The van der Waals surface area contributed by atoms with E-state index in [9.17, 15) is 9.90 Å². The molecule has 1 atom stereocenters. The molecule has 1 aliphatic heterocycles. The average molecular weight is 262 g/mol. The van der Waals surface area contributed by atoms with Crippen LogP contribution in [0.15, 0.2) is 18.2 Å². The highest BCUT2D eigenvalue weighted by Crippen LogP contribution is 2.23. The van der Waals surface area contributed by atoms with Crippen LogP contribution >= 0.6 is 0 Å². The van der Waals surface area contributed by atoms with Crippen molar-refractivity contribution in [1.82, 2.24) is 4.90 Å². The minimum atomic E-state index is -0.372. The molecule has 0 aliphatic carbocycles. The molecule has 0 radical (unpaired) electrons. The molecule has 1 aliphatic rings. The first-order valence-corrected chi connectivity index (χ1v) is 6.88. The molecule has 19 heavy (non-hydrogen) atoms. The van der Waals surface area contributed by atoms with E-state index in [4.69, 9.17) is 0 Å². The van der Waals surface area contributed by atoms with E-state index in [-0.39, 0.29) is 12.0 Å². The van der Waals surface area contributed by atoms with Gasteiger partial charge in [-0.2, -0.15) is 0 Å². The third kappa shape index (κ3) is 3.47. The van der Waals surface area contributed by atoms with Crippen LogP contribution in [0.4, 0.5) is 5.69 Å². The number of benzene rings is 1. The van der Waals surface area contributed by atoms with Gasteiger partial charge in [-0.3, -0.25) is 4.79 Å². The largest absolute Gasteiger partial charge is 0.393 e. The van der Waals surface area contributed by atoms with Gasteiger partial charge in [-0.05, 0) is 49.9 Å². The van der Waals surface area contributed by atoms with Crippen molar-refractivity contribution in [2.24, 2.45) is 0 Å². The van der Waals surface area contributed by atoms with E-state index in [2.05, 4.69) is 5.32 Å². The quantitative estimate of drug-likeness (QED) is 0.871. The smallest absolute Gasteiger partial charge is 0.253 e. The molecule has 0 saturated carbocycles. The number of amides is 1. The molecule has 0 saturated heterocycles. The number of carbonyl (C=O) groups excluding carboxylic acids is 1. The van der Waals surface area contributed by atoms with Crippen LogP contribution in [-0.2, 0) is 6.42 Å². The number of aliphatic hydroxyl groups excluding tert-OH is 1. The Morgan fingerprint density at radius 3 is 3.05 bits per heavy atom. The van der Waals surface area contributed by atoms with Crippen LogP contribution in [0.25, 0.3) is 0 Å². The molecule has 0 fully saturated rings. The number of rotatable bonds is 4. The number of fused-ring (bicyclic) bond motifs is 1. The van der Waals surface area contributed by atoms with Crippen LogP contribution in [-0.4, -0.2) is 42.2 Å². The average Bonchev–Trinajstić information content (AvgIpc) is 2.43. The Balaban J connectivity index is 2.06. The fourth-order valence-corrected chi connectivity index (χ4v) is 2.31. The Labute approximate surface area is 114 Å². The number of carbonyl (C=O) groups is 1. The lowest BCUT2D eigenvalue weighted by atomic mass is 10.0. The zero-order valence-corrected chi connectivity index (χ0v) is 11.6. The molecule has 1 amide bonds. The Morgan fingerprint density at radius 2 is 2.32 bits per heavy atom. The summed E-state index contributed by atoms with van der Waals surface area (Å²) in [4.78, 5) is 13.9. The Kier molecular flexibility index (Phi) is 4.43. The lowest BCUT2D eigenvalue weighted by Crippen LogP contribution is -2.29. The van der Waals surface area contributed by atoms with Crippen molar-refractivity contribution in [2.75, 3.05) is 25.5 Å². The highest BCUT2D eigenvalue weighted by Gasteiger charge is 2.15. The van der Waals surface area contributed by atoms with E-state index < -0.39 is 0 Å². The van der Waals surface area contributed by atoms with Crippen molar-refractivity contribution >= 4 is 11.6 Å². The van der Waals surface area contributed by atoms with Crippen LogP contribution in [0.3, 0.4) is 0 Å². The van der Waals surface area contributed by atoms with Crippen LogP contribution in [0, 0.1) is 0 Å². The maximum absolute atomic E-state index is 12.3. The zero-order chi connectivity index (χ0) is 13.8. The fraction of sp³-hybridized carbons (Fsp3) is 0.533. The van der Waals surface area contributed by atoms with Gasteiger partial charge in [0.1, 0.15) is 0 Å². The van der Waals surface area contributed by atoms with Gasteiger partial charge in [0.25, 0.3) is 5.91 Å². The van der Waals surface area contributed by atoms with E-state index in [1.807, 2.05) is 18.2 Å². The van der Waals surface area contributed by atoms with Crippen molar-refractivity contribution in [2.45, 2.75) is 32.3 Å². The van der Waals surface area contributed by atoms with Gasteiger partial charge in [0.05, 0.1) is 6.10 Å². The number of anilines is 1. The maximum atomic E-state index is 12.3. The lowest BCUT2D eigenvalue weighted by Gasteiger charge is -2.21. The molecule has 1 aromatic rings. The van der Waals surface area contributed by atoms with Crippen molar-refractivity contribution in [3.8, 4) is 0 Å². The molecule has 4 heteroatoms. The third-order valence-corrected chi connectivity index (χ3v) is 3.52. The molecule has 104 valence electrons. The van der Waals surface area contributed by atoms with Gasteiger partial charge in [-0.1, -0.05) is 0 Å². The number of nitrogens with one attached hydrogen (secondary N) is 1. The highest BCUT2D eigenvalue weighted by molar-refractivity contribution is 5.94. The van der Waals surface area contributed by atoms with Gasteiger partial charge in [0.15, 0.2) is 0 Å². The topological polar surface area (TPSA) is 52.6 Å². The van der Waals surface area contributed by atoms with Gasteiger partial charge in [-0.25, -0.2) is 0 Å². The predicted octanol–water partition coefficient (Wildman–Crippen LogP) is 1.89. The number of aliphatic hydroxyl groups is 1. The van der Waals surface area contributed by atoms with Crippen molar-refractivity contribution < 1.29 is 9.90 Å². The summed E-state index contributed by atoms with van der Waals surface area (Å²) in [6.45, 7) is 3.32. The molecule has 1 unspecified atom stereocenters. The maximum Gasteiger partial charge on any atom is 0.253 e. The minimum absolute atomic E-state index is 0.0222. The normalized spacial score (nSPS) is 15.3. The summed E-state index contributed by atoms with van der Waals surface area (Å²) in [6.07, 6.45) is 2.38. The second-order valence-electron chi connectivity index (χ2n) is 5.27. The molecule has 0 spiro atoms. The molecule has 1 heterocycles. The van der Waals surface area contributed by atoms with E-state index in [1.54, 1.807) is 18.9 Å². The summed E-state index contributed by atoms with van der Waals surface area (Å²) >= 11 is 0. The Morgan fingerprint density at radius 1 is 1.53 bits per heavy atom. The van der Waals surface area contributed by atoms with E-state index in [0.29, 0.717) is 13.0 Å². The highest BCUT2D eigenvalue weighted by atomic mass is 16.3. The number of hydrogen-bond donors (Lipinski definition) is 2. The van der Waals surface area contributed by atoms with Crippen molar-refractivity contribution in [3.63, 3.8) is 0 Å². The van der Waals surface area contributed by atoms with Gasteiger partial charge in [0, 0.05) is 31.4 Å². The van der Waals surface area contributed by atoms with Crippen molar-refractivity contribution in [3.05, 3.63) is 29.3 Å². The summed E-state index contributed by atoms with van der Waals surface area (Å²) in [5, 5.41) is 12.6. The molecular formula is C15H22N2O2. The predicted molar refractivity (Wildman–Crippen MR) is 76.5 cm³/mol. The Hall–Kier alpha value is -1.55. The van der Waals surface area contributed by atoms with Gasteiger partial charge in [-0.15, -0.1) is 0 Å². The van der Waals surface area contributed by atoms with E-state index in [1.165, 1.54) is 5.56 Å². The SMILES string of the molecule is CC(O)CCN(C)C(=O)c1ccc2c(c1)CCCN2. The lowest BCUT2D eigenvalue weighted by molar-refractivity contribution is 0.0769. The first-order chi connectivity index (χ1) is 9.08. The van der Waals surface area contributed by atoms with Crippen LogP contribution in [0.1, 0.15) is 35.7 Å². The van der Waals surface area contributed by atoms with Crippen LogP contribution in [0.5, 0.6) is 0 Å². The van der Waals surface area contributed by atoms with E-state index >= 15 is 0 Å². The van der Waals surface area contributed by atoms with E-state index in [0.717, 1.165) is 30.6 Å². The first-order valence-electron chi connectivity index (χ1n) is 6.88. The van der Waals surface area contributed by atoms with Gasteiger partial charge < -0.3 is 15.3 Å². The van der Waals surface area contributed by atoms with Crippen LogP contribution in [0.2, 0.25) is 0 Å². The first kappa shape index (κ1) is 13.9. The monoisotopic (exact) mass is 262 g/mol. The Bertz CT molecular complexity index is 457. The minimum Gasteiger partial charge on any atom is -0.393 e. The molecular weight excluding hydrogens is 240 g/mol. The molecule has 4 nitrogen and oxygen atoms in total. The molecule has 1 aromatic carbocycles. The summed E-state index contributed by atoms with van der Waals surface area (Å²) in [6, 6.07) is 5.85. The fourth-order valence-electron chi connectivity index (χ4n) is 2.31. The summed E-state index contributed by atoms with van der Waals surface area (Å²) < 4.78 is 0.